The zero-order valence-electron chi connectivity index (χ0n) is 15.0. The Morgan fingerprint density at radius 2 is 1.35 bits per heavy atom. The summed E-state index contributed by atoms with van der Waals surface area (Å²) in [5, 5.41) is 2.63. The Kier molecular flexibility index (Phi) is 15.5. The maximum atomic E-state index is 11.5. The third-order valence-electron chi connectivity index (χ3n) is 3.07. The van der Waals surface area contributed by atoms with E-state index in [1.54, 1.807) is 0 Å². The number of nitrogens with one attached hydrogen (secondary N) is 1. The van der Waals surface area contributed by atoms with Crippen LogP contribution in [0.3, 0.4) is 0 Å². The lowest BCUT2D eigenvalue weighted by Gasteiger charge is -2.08. The second-order valence-corrected chi connectivity index (χ2v) is 6.21. The van der Waals surface area contributed by atoms with Crippen LogP contribution in [0.1, 0.15) is 5.56 Å². The summed E-state index contributed by atoms with van der Waals surface area (Å²) in [6.07, 6.45) is -0.451. The highest BCUT2D eigenvalue weighted by atomic mass is 127. The Balaban J connectivity index is 1.78. The summed E-state index contributed by atoms with van der Waals surface area (Å²) in [5.74, 6) is 0. The highest BCUT2D eigenvalue weighted by Gasteiger charge is 2.01. The first-order chi connectivity index (χ1) is 12.8. The van der Waals surface area contributed by atoms with Crippen molar-refractivity contribution < 1.29 is 28.5 Å². The van der Waals surface area contributed by atoms with Gasteiger partial charge in [0, 0.05) is 11.0 Å². The van der Waals surface area contributed by atoms with E-state index in [0.29, 0.717) is 52.8 Å². The number of amides is 1. The molecule has 0 aliphatic carbocycles. The van der Waals surface area contributed by atoms with Crippen LogP contribution in [0, 0.1) is 0 Å². The molecule has 26 heavy (non-hydrogen) atoms. The molecule has 0 aromatic heterocycles. The van der Waals surface area contributed by atoms with Crippen molar-refractivity contribution in [1.29, 1.82) is 0 Å². The van der Waals surface area contributed by atoms with E-state index < -0.39 is 6.09 Å². The molecule has 148 valence electrons. The highest BCUT2D eigenvalue weighted by Crippen LogP contribution is 2.00. The molecule has 1 rings (SSSR count). The van der Waals surface area contributed by atoms with Crippen molar-refractivity contribution in [3.8, 4) is 0 Å². The van der Waals surface area contributed by atoms with Gasteiger partial charge in [-0.2, -0.15) is 0 Å². The van der Waals surface area contributed by atoms with Crippen molar-refractivity contribution >= 4 is 28.7 Å². The smallest absolute Gasteiger partial charge is 0.407 e. The quantitative estimate of drug-likeness (QED) is 0.222. The van der Waals surface area contributed by atoms with Crippen LogP contribution in [0.4, 0.5) is 4.79 Å². The van der Waals surface area contributed by atoms with Gasteiger partial charge in [0.1, 0.15) is 6.61 Å². The number of rotatable bonds is 16. The minimum atomic E-state index is -0.451. The van der Waals surface area contributed by atoms with Gasteiger partial charge in [0.05, 0.1) is 52.9 Å². The van der Waals surface area contributed by atoms with Gasteiger partial charge in [0.25, 0.3) is 0 Å². The van der Waals surface area contributed by atoms with Gasteiger partial charge in [-0.25, -0.2) is 4.79 Å². The molecule has 0 bridgehead atoms. The molecule has 0 aliphatic heterocycles. The van der Waals surface area contributed by atoms with E-state index in [2.05, 4.69) is 27.9 Å². The largest absolute Gasteiger partial charge is 0.445 e. The van der Waals surface area contributed by atoms with Crippen molar-refractivity contribution in [2.45, 2.75) is 6.61 Å². The molecule has 0 spiro atoms. The lowest BCUT2D eigenvalue weighted by molar-refractivity contribution is 0.000264. The molecule has 0 unspecified atom stereocenters. The number of ether oxygens (including phenoxy) is 5. The molecular formula is C18H28INO6. The number of alkyl halides is 1. The topological polar surface area (TPSA) is 75.3 Å². The van der Waals surface area contributed by atoms with Gasteiger partial charge < -0.3 is 29.0 Å². The second kappa shape index (κ2) is 17.5. The lowest BCUT2D eigenvalue weighted by atomic mass is 10.2. The second-order valence-electron chi connectivity index (χ2n) is 5.13. The van der Waals surface area contributed by atoms with Gasteiger partial charge in [-0.1, -0.05) is 52.9 Å². The van der Waals surface area contributed by atoms with Crippen LogP contribution in [-0.4, -0.2) is 69.9 Å². The van der Waals surface area contributed by atoms with E-state index in [9.17, 15) is 4.79 Å². The van der Waals surface area contributed by atoms with Gasteiger partial charge >= 0.3 is 6.09 Å². The monoisotopic (exact) mass is 481 g/mol. The molecule has 0 saturated heterocycles. The predicted molar refractivity (Wildman–Crippen MR) is 107 cm³/mol. The Hall–Kier alpha value is -0.940. The summed E-state index contributed by atoms with van der Waals surface area (Å²) < 4.78 is 27.5. The minimum Gasteiger partial charge on any atom is -0.445 e. The van der Waals surface area contributed by atoms with Crippen LogP contribution >= 0.6 is 22.6 Å². The SMILES string of the molecule is O=C(NCCOCCOCCOCCOCCI)OCc1ccccc1. The summed E-state index contributed by atoms with van der Waals surface area (Å²) in [6.45, 7) is 5.07. The van der Waals surface area contributed by atoms with Gasteiger partial charge in [-0.15, -0.1) is 0 Å². The first-order valence-corrected chi connectivity index (χ1v) is 10.2. The number of carbonyl (C=O) groups excluding carboxylic acids is 1. The van der Waals surface area contributed by atoms with Crippen LogP contribution in [0.25, 0.3) is 0 Å². The van der Waals surface area contributed by atoms with E-state index >= 15 is 0 Å². The summed E-state index contributed by atoms with van der Waals surface area (Å²) >= 11 is 2.27. The van der Waals surface area contributed by atoms with Gasteiger partial charge in [-0.05, 0) is 5.56 Å². The van der Waals surface area contributed by atoms with Gasteiger partial charge in [0.15, 0.2) is 0 Å². The predicted octanol–water partition coefficient (Wildman–Crippen LogP) is 2.41. The highest BCUT2D eigenvalue weighted by molar-refractivity contribution is 14.1. The Bertz CT molecular complexity index is 449. The first kappa shape index (κ1) is 23.1. The molecule has 1 amide bonds. The van der Waals surface area contributed by atoms with E-state index in [0.717, 1.165) is 16.6 Å². The maximum Gasteiger partial charge on any atom is 0.407 e. The minimum absolute atomic E-state index is 0.258. The van der Waals surface area contributed by atoms with E-state index in [4.69, 9.17) is 23.7 Å². The molecule has 1 aromatic carbocycles. The molecule has 0 atom stereocenters. The van der Waals surface area contributed by atoms with Crippen molar-refractivity contribution in [3.05, 3.63) is 35.9 Å². The molecule has 1 aromatic rings. The molecule has 0 heterocycles. The van der Waals surface area contributed by atoms with Crippen LogP contribution in [0.2, 0.25) is 0 Å². The van der Waals surface area contributed by atoms with Crippen molar-refractivity contribution in [1.82, 2.24) is 5.32 Å². The summed E-state index contributed by atoms with van der Waals surface area (Å²) in [4.78, 5) is 11.5. The standard InChI is InChI=1S/C18H28INO6/c19-6-8-22-10-12-24-14-15-25-13-11-23-9-7-20-18(21)26-16-17-4-2-1-3-5-17/h1-5H,6-16H2,(H,20,21). The van der Waals surface area contributed by atoms with Crippen LogP contribution < -0.4 is 5.32 Å². The Labute approximate surface area is 168 Å². The molecule has 0 aliphatic rings. The molecule has 0 saturated carbocycles. The van der Waals surface area contributed by atoms with Gasteiger partial charge in [0.2, 0.25) is 0 Å². The number of halogens is 1. The van der Waals surface area contributed by atoms with Crippen LogP contribution in [0.5, 0.6) is 0 Å². The van der Waals surface area contributed by atoms with Crippen molar-refractivity contribution in [2.24, 2.45) is 0 Å². The average molecular weight is 481 g/mol. The number of alkyl carbamates (subject to hydrolysis) is 1. The van der Waals surface area contributed by atoms with Crippen LogP contribution in [0.15, 0.2) is 30.3 Å². The lowest BCUT2D eigenvalue weighted by Crippen LogP contribution is -2.28. The maximum absolute atomic E-state index is 11.5. The van der Waals surface area contributed by atoms with E-state index in [1.165, 1.54) is 0 Å². The normalized spacial score (nSPS) is 10.7. The number of hydrogen-bond donors (Lipinski definition) is 1. The first-order valence-electron chi connectivity index (χ1n) is 8.64. The van der Waals surface area contributed by atoms with Crippen molar-refractivity contribution in [2.75, 3.05) is 63.8 Å². The molecule has 0 fully saturated rings. The summed E-state index contributed by atoms with van der Waals surface area (Å²) in [6, 6.07) is 9.53. The van der Waals surface area contributed by atoms with Crippen molar-refractivity contribution in [3.63, 3.8) is 0 Å². The molecule has 7 nitrogen and oxygen atoms in total. The Morgan fingerprint density at radius 3 is 1.92 bits per heavy atom. The molecular weight excluding hydrogens is 453 g/mol. The fraction of sp³-hybridized carbons (Fsp3) is 0.611. The molecule has 8 heteroatoms. The Morgan fingerprint density at radius 1 is 0.808 bits per heavy atom. The molecule has 0 radical (unpaired) electrons. The number of carbonyl (C=O) groups is 1. The fourth-order valence-corrected chi connectivity index (χ4v) is 2.13. The summed E-state index contributed by atoms with van der Waals surface area (Å²) in [5.41, 5.74) is 0.952. The third-order valence-corrected chi connectivity index (χ3v) is 3.51. The van der Waals surface area contributed by atoms with E-state index in [-0.39, 0.29) is 6.61 Å². The zero-order chi connectivity index (χ0) is 18.7. The summed E-state index contributed by atoms with van der Waals surface area (Å²) in [7, 11) is 0. The zero-order valence-corrected chi connectivity index (χ0v) is 17.1. The van der Waals surface area contributed by atoms with Crippen LogP contribution in [-0.2, 0) is 30.3 Å². The number of hydrogen-bond acceptors (Lipinski definition) is 6. The average Bonchev–Trinajstić information content (AvgIpc) is 2.67. The number of benzene rings is 1. The molecule has 1 N–H and O–H groups in total. The van der Waals surface area contributed by atoms with Gasteiger partial charge in [-0.3, -0.25) is 0 Å². The van der Waals surface area contributed by atoms with E-state index in [1.807, 2.05) is 30.3 Å². The fourth-order valence-electron chi connectivity index (χ4n) is 1.82. The third kappa shape index (κ3) is 14.3.